The zero-order valence-electron chi connectivity index (χ0n) is 12.4. The van der Waals surface area contributed by atoms with Gasteiger partial charge in [0, 0.05) is 11.1 Å². The minimum atomic E-state index is 0.107. The molecule has 1 aromatic heterocycles. The summed E-state index contributed by atoms with van der Waals surface area (Å²) in [6, 6.07) is 13.8. The topological polar surface area (TPSA) is 30.2 Å². The van der Waals surface area contributed by atoms with Crippen LogP contribution in [0.3, 0.4) is 0 Å². The fraction of sp³-hybridized carbons (Fsp3) is 0.278. The molecule has 0 atom stereocenters. The van der Waals surface area contributed by atoms with Crippen molar-refractivity contribution in [3.8, 4) is 11.3 Å². The molecule has 0 bridgehead atoms. The molecule has 0 unspecified atom stereocenters. The summed E-state index contributed by atoms with van der Waals surface area (Å²) in [6.45, 7) is 7.62. The van der Waals surface area contributed by atoms with Crippen LogP contribution in [-0.4, -0.2) is 5.78 Å². The van der Waals surface area contributed by atoms with Crippen molar-refractivity contribution in [3.63, 3.8) is 0 Å². The normalized spacial score (nSPS) is 12.4. The number of allylic oxidation sites excluding steroid dienone is 2. The van der Waals surface area contributed by atoms with E-state index in [1.807, 2.05) is 63.2 Å². The quantitative estimate of drug-likeness (QED) is 0.733. The van der Waals surface area contributed by atoms with Crippen LogP contribution in [0.4, 0.5) is 0 Å². The largest absolute Gasteiger partial charge is 0.456 e. The number of hydrogen-bond acceptors (Lipinski definition) is 2. The van der Waals surface area contributed by atoms with Crippen LogP contribution in [0.1, 0.15) is 33.5 Å². The molecule has 0 radical (unpaired) electrons. The van der Waals surface area contributed by atoms with E-state index in [4.69, 9.17) is 4.42 Å². The van der Waals surface area contributed by atoms with Gasteiger partial charge in [-0.05, 0) is 37.5 Å². The zero-order valence-corrected chi connectivity index (χ0v) is 12.4. The van der Waals surface area contributed by atoms with E-state index in [1.54, 1.807) is 6.92 Å². The van der Waals surface area contributed by atoms with Crippen molar-refractivity contribution in [1.82, 2.24) is 0 Å². The molecule has 2 heteroatoms. The van der Waals surface area contributed by atoms with E-state index >= 15 is 0 Å². The van der Waals surface area contributed by atoms with Gasteiger partial charge in [-0.2, -0.15) is 0 Å². The van der Waals surface area contributed by atoms with Crippen molar-refractivity contribution >= 4 is 11.4 Å². The molecular weight excluding hydrogens is 248 g/mol. The predicted molar refractivity (Wildman–Crippen MR) is 82.3 cm³/mol. The Hall–Kier alpha value is -2.09. The minimum absolute atomic E-state index is 0.107. The standard InChI is InChI=1S/C18H20O2/c1-12(2)18(14(4)19)13(3)16-10-11-17(20-16)15-8-6-5-7-9-15/h5-12H,1-4H3. The first-order chi connectivity index (χ1) is 9.50. The fourth-order valence-electron chi connectivity index (χ4n) is 2.53. The van der Waals surface area contributed by atoms with Gasteiger partial charge < -0.3 is 4.42 Å². The molecular formula is C18H20O2. The Bertz CT molecular complexity index is 630. The van der Waals surface area contributed by atoms with Gasteiger partial charge in [0.05, 0.1) is 0 Å². The molecule has 20 heavy (non-hydrogen) atoms. The van der Waals surface area contributed by atoms with E-state index in [-0.39, 0.29) is 11.7 Å². The number of carbonyl (C=O) groups excluding carboxylic acids is 1. The van der Waals surface area contributed by atoms with E-state index in [0.717, 1.165) is 28.2 Å². The van der Waals surface area contributed by atoms with Crippen molar-refractivity contribution in [2.75, 3.05) is 0 Å². The summed E-state index contributed by atoms with van der Waals surface area (Å²) in [5, 5.41) is 0. The van der Waals surface area contributed by atoms with E-state index in [1.165, 1.54) is 0 Å². The molecule has 0 spiro atoms. The van der Waals surface area contributed by atoms with Crippen LogP contribution in [0.5, 0.6) is 0 Å². The number of hydrogen-bond donors (Lipinski definition) is 0. The van der Waals surface area contributed by atoms with Gasteiger partial charge in [0.15, 0.2) is 5.78 Å². The second-order valence-corrected chi connectivity index (χ2v) is 5.28. The minimum Gasteiger partial charge on any atom is -0.456 e. The molecule has 2 rings (SSSR count). The lowest BCUT2D eigenvalue weighted by Crippen LogP contribution is -2.06. The van der Waals surface area contributed by atoms with Crippen LogP contribution >= 0.6 is 0 Å². The third-order valence-corrected chi connectivity index (χ3v) is 3.39. The summed E-state index contributed by atoms with van der Waals surface area (Å²) in [5.41, 5.74) is 2.80. The molecule has 0 fully saturated rings. The molecule has 0 aliphatic heterocycles. The first-order valence-electron chi connectivity index (χ1n) is 6.88. The van der Waals surface area contributed by atoms with Crippen LogP contribution in [-0.2, 0) is 4.79 Å². The van der Waals surface area contributed by atoms with Crippen LogP contribution in [0.25, 0.3) is 16.9 Å². The van der Waals surface area contributed by atoms with Crippen LogP contribution in [0.2, 0.25) is 0 Å². The number of furan rings is 1. The highest BCUT2D eigenvalue weighted by molar-refractivity contribution is 6.00. The van der Waals surface area contributed by atoms with E-state index < -0.39 is 0 Å². The summed E-state index contributed by atoms with van der Waals surface area (Å²) < 4.78 is 5.90. The third kappa shape index (κ3) is 2.90. The lowest BCUT2D eigenvalue weighted by Gasteiger charge is -2.11. The Kier molecular flexibility index (Phi) is 4.23. The molecule has 2 aromatic rings. The summed E-state index contributed by atoms with van der Waals surface area (Å²) in [5.74, 6) is 1.89. The number of carbonyl (C=O) groups is 1. The van der Waals surface area contributed by atoms with Gasteiger partial charge in [-0.3, -0.25) is 4.79 Å². The molecule has 104 valence electrons. The van der Waals surface area contributed by atoms with Crippen molar-refractivity contribution in [2.45, 2.75) is 27.7 Å². The highest BCUT2D eigenvalue weighted by atomic mass is 16.3. The number of ketones is 1. The Morgan fingerprint density at radius 2 is 1.65 bits per heavy atom. The van der Waals surface area contributed by atoms with E-state index in [9.17, 15) is 4.79 Å². The van der Waals surface area contributed by atoms with Gasteiger partial charge in [0.1, 0.15) is 11.5 Å². The zero-order chi connectivity index (χ0) is 14.7. The molecule has 1 aromatic carbocycles. The van der Waals surface area contributed by atoms with Gasteiger partial charge in [-0.15, -0.1) is 0 Å². The highest BCUT2D eigenvalue weighted by Crippen LogP contribution is 2.29. The molecule has 0 aliphatic rings. The Morgan fingerprint density at radius 1 is 1.00 bits per heavy atom. The van der Waals surface area contributed by atoms with Crippen LogP contribution < -0.4 is 0 Å². The Morgan fingerprint density at radius 3 is 2.20 bits per heavy atom. The summed E-state index contributed by atoms with van der Waals surface area (Å²) in [7, 11) is 0. The Labute approximate surface area is 120 Å². The van der Waals surface area contributed by atoms with Crippen LogP contribution in [0.15, 0.2) is 52.5 Å². The van der Waals surface area contributed by atoms with Gasteiger partial charge >= 0.3 is 0 Å². The molecule has 0 N–H and O–H groups in total. The van der Waals surface area contributed by atoms with Crippen LogP contribution in [0, 0.1) is 5.92 Å². The number of benzene rings is 1. The van der Waals surface area contributed by atoms with Gasteiger partial charge in [-0.1, -0.05) is 44.2 Å². The smallest absolute Gasteiger partial charge is 0.156 e. The average molecular weight is 268 g/mol. The maximum absolute atomic E-state index is 11.8. The monoisotopic (exact) mass is 268 g/mol. The maximum atomic E-state index is 11.8. The number of Topliss-reactive ketones (excluding diaryl/α,β-unsaturated/α-hetero) is 1. The van der Waals surface area contributed by atoms with Crippen molar-refractivity contribution in [3.05, 3.63) is 53.8 Å². The summed E-state index contributed by atoms with van der Waals surface area (Å²) in [4.78, 5) is 11.8. The van der Waals surface area contributed by atoms with E-state index in [0.29, 0.717) is 0 Å². The molecule has 0 aliphatic carbocycles. The third-order valence-electron chi connectivity index (χ3n) is 3.39. The maximum Gasteiger partial charge on any atom is 0.156 e. The summed E-state index contributed by atoms with van der Waals surface area (Å²) in [6.07, 6.45) is 0. The molecule has 1 heterocycles. The summed E-state index contributed by atoms with van der Waals surface area (Å²) >= 11 is 0. The Balaban J connectivity index is 2.43. The fourth-order valence-corrected chi connectivity index (χ4v) is 2.53. The molecule has 0 amide bonds. The molecule has 2 nitrogen and oxygen atoms in total. The van der Waals surface area contributed by atoms with Crippen molar-refractivity contribution in [1.29, 1.82) is 0 Å². The van der Waals surface area contributed by atoms with Gasteiger partial charge in [0.2, 0.25) is 0 Å². The molecule has 0 saturated heterocycles. The van der Waals surface area contributed by atoms with Gasteiger partial charge in [0.25, 0.3) is 0 Å². The average Bonchev–Trinajstić information content (AvgIpc) is 2.88. The SMILES string of the molecule is CC(=O)C(=C(C)c1ccc(-c2ccccc2)o1)C(C)C. The second kappa shape index (κ2) is 5.91. The van der Waals surface area contributed by atoms with Crippen molar-refractivity contribution < 1.29 is 9.21 Å². The molecule has 0 saturated carbocycles. The lowest BCUT2D eigenvalue weighted by molar-refractivity contribution is -0.114. The second-order valence-electron chi connectivity index (χ2n) is 5.28. The number of rotatable bonds is 4. The first kappa shape index (κ1) is 14.3. The van der Waals surface area contributed by atoms with Gasteiger partial charge in [-0.25, -0.2) is 0 Å². The first-order valence-corrected chi connectivity index (χ1v) is 6.88. The predicted octanol–water partition coefficient (Wildman–Crippen LogP) is 4.97. The van der Waals surface area contributed by atoms with Crippen molar-refractivity contribution in [2.24, 2.45) is 5.92 Å². The highest BCUT2D eigenvalue weighted by Gasteiger charge is 2.16. The lowest BCUT2D eigenvalue weighted by atomic mass is 9.94. The van der Waals surface area contributed by atoms with E-state index in [2.05, 4.69) is 0 Å².